The highest BCUT2D eigenvalue weighted by molar-refractivity contribution is 7.47. The molecule has 10 heteroatoms. The second-order valence-electron chi connectivity index (χ2n) is 15.8. The Morgan fingerprint density at radius 3 is 1.51 bits per heavy atom. The van der Waals surface area contributed by atoms with Crippen LogP contribution in [0.2, 0.25) is 0 Å². The molecule has 55 heavy (non-hydrogen) atoms. The van der Waals surface area contributed by atoms with Crippen LogP contribution in [0.3, 0.4) is 0 Å². The van der Waals surface area contributed by atoms with E-state index in [1.54, 1.807) is 6.08 Å². The number of hydrogen-bond acceptors (Lipinski definition) is 7. The van der Waals surface area contributed by atoms with Gasteiger partial charge in [0.2, 0.25) is 5.91 Å². The van der Waals surface area contributed by atoms with Crippen molar-refractivity contribution in [2.75, 3.05) is 19.8 Å². The lowest BCUT2D eigenvalue weighted by atomic mass is 10.0. The molecule has 0 bridgehead atoms. The number of hydrogen-bond donors (Lipinski definition) is 5. The van der Waals surface area contributed by atoms with Crippen molar-refractivity contribution in [2.24, 2.45) is 5.73 Å². The number of carbonyl (C=O) groups excluding carboxylic acids is 1. The van der Waals surface area contributed by atoms with Gasteiger partial charge in [-0.25, -0.2) is 4.57 Å². The Hall–Kier alpha value is -1.06. The number of nitrogens with two attached hydrogens (primary N) is 1. The first-order valence-electron chi connectivity index (χ1n) is 23.0. The average Bonchev–Trinajstić information content (AvgIpc) is 3.16. The third-order valence-corrected chi connectivity index (χ3v) is 11.3. The smallest absolute Gasteiger partial charge is 0.393 e. The van der Waals surface area contributed by atoms with E-state index in [1.807, 2.05) is 6.08 Å². The zero-order valence-electron chi connectivity index (χ0n) is 35.8. The van der Waals surface area contributed by atoms with E-state index in [-0.39, 0.29) is 19.6 Å². The van der Waals surface area contributed by atoms with Gasteiger partial charge in [-0.3, -0.25) is 13.8 Å². The van der Waals surface area contributed by atoms with E-state index in [9.17, 15) is 24.5 Å². The van der Waals surface area contributed by atoms with Crippen molar-refractivity contribution in [3.05, 3.63) is 24.3 Å². The molecule has 0 aliphatic carbocycles. The molecule has 0 saturated heterocycles. The van der Waals surface area contributed by atoms with Gasteiger partial charge >= 0.3 is 7.82 Å². The highest BCUT2D eigenvalue weighted by atomic mass is 31.2. The molecular formula is C45H89N2O7P. The van der Waals surface area contributed by atoms with Crippen LogP contribution in [-0.2, 0) is 18.4 Å². The van der Waals surface area contributed by atoms with Crippen LogP contribution < -0.4 is 11.1 Å². The average molecular weight is 801 g/mol. The Morgan fingerprint density at radius 2 is 1.04 bits per heavy atom. The van der Waals surface area contributed by atoms with Gasteiger partial charge in [-0.05, 0) is 32.1 Å². The second-order valence-corrected chi connectivity index (χ2v) is 17.3. The van der Waals surface area contributed by atoms with E-state index >= 15 is 0 Å². The number of carbonyl (C=O) groups is 1. The largest absolute Gasteiger partial charge is 0.472 e. The topological polar surface area (TPSA) is 151 Å². The summed E-state index contributed by atoms with van der Waals surface area (Å²) in [6.07, 6.45) is 44.2. The van der Waals surface area contributed by atoms with Gasteiger partial charge < -0.3 is 26.2 Å². The lowest BCUT2D eigenvalue weighted by Gasteiger charge is -2.24. The number of aliphatic hydroxyl groups excluding tert-OH is 2. The SMILES string of the molecule is CCCCCCCCCCCCCCCCC/C=C/CC/C=C/C(O)C(COP(=O)(O)OCCN)NC(=O)CC(O)CCCCCCCCCCCCCC. The number of rotatable bonds is 43. The maximum absolute atomic E-state index is 12.8. The minimum atomic E-state index is -4.40. The molecule has 1 amide bonds. The maximum atomic E-state index is 12.8. The molecule has 6 N–H and O–H groups in total. The van der Waals surface area contributed by atoms with Gasteiger partial charge in [0.25, 0.3) is 0 Å². The van der Waals surface area contributed by atoms with Crippen LogP contribution >= 0.6 is 7.82 Å². The predicted octanol–water partition coefficient (Wildman–Crippen LogP) is 11.9. The quantitative estimate of drug-likeness (QED) is 0.0232. The van der Waals surface area contributed by atoms with E-state index in [4.69, 9.17) is 14.8 Å². The number of amides is 1. The van der Waals surface area contributed by atoms with Crippen LogP contribution in [0.4, 0.5) is 0 Å². The summed E-state index contributed by atoms with van der Waals surface area (Å²) < 4.78 is 22.1. The van der Waals surface area contributed by atoms with Crippen LogP contribution in [0, 0.1) is 0 Å². The molecule has 0 aromatic heterocycles. The molecule has 9 nitrogen and oxygen atoms in total. The minimum absolute atomic E-state index is 0.0461. The predicted molar refractivity (Wildman–Crippen MR) is 232 cm³/mol. The van der Waals surface area contributed by atoms with E-state index in [1.165, 1.54) is 154 Å². The van der Waals surface area contributed by atoms with Crippen molar-refractivity contribution in [1.29, 1.82) is 0 Å². The lowest BCUT2D eigenvalue weighted by Crippen LogP contribution is -2.46. The molecule has 0 heterocycles. The Labute approximate surface area is 339 Å². The Bertz CT molecular complexity index is 935. The van der Waals surface area contributed by atoms with Gasteiger partial charge in [0.05, 0.1) is 37.9 Å². The van der Waals surface area contributed by atoms with Gasteiger partial charge in [0.1, 0.15) is 0 Å². The third-order valence-electron chi connectivity index (χ3n) is 10.3. The highest BCUT2D eigenvalue weighted by Crippen LogP contribution is 2.43. The molecule has 0 radical (unpaired) electrons. The number of nitrogens with one attached hydrogen (secondary N) is 1. The van der Waals surface area contributed by atoms with Gasteiger partial charge in [-0.1, -0.05) is 205 Å². The summed E-state index contributed by atoms with van der Waals surface area (Å²) in [4.78, 5) is 22.7. The van der Waals surface area contributed by atoms with Crippen molar-refractivity contribution in [1.82, 2.24) is 5.32 Å². The van der Waals surface area contributed by atoms with Crippen LogP contribution in [-0.4, -0.2) is 59.0 Å². The molecule has 326 valence electrons. The molecule has 0 saturated carbocycles. The fourth-order valence-corrected chi connectivity index (χ4v) is 7.60. The standard InChI is InChI=1S/C45H89N2O7P/c1-3-5-7-9-11-13-15-17-18-19-20-21-22-23-24-25-27-29-31-33-35-37-44(49)43(41-54-55(51,52)53-39-38-46)47-45(50)40-42(48)36-34-32-30-28-26-16-14-12-10-8-6-4-2/h27,29,35,37,42-44,48-49H,3-26,28,30-34,36,38-41,46H2,1-2H3,(H,47,50)(H,51,52)/b29-27+,37-35+. The van der Waals surface area contributed by atoms with E-state index in [0.717, 1.165) is 32.1 Å². The first-order valence-corrected chi connectivity index (χ1v) is 24.5. The summed E-state index contributed by atoms with van der Waals surface area (Å²) in [6, 6.07) is -0.995. The molecule has 0 rings (SSSR count). The summed E-state index contributed by atoms with van der Waals surface area (Å²) >= 11 is 0. The van der Waals surface area contributed by atoms with Crippen molar-refractivity contribution < 1.29 is 33.5 Å². The molecular weight excluding hydrogens is 711 g/mol. The Balaban J connectivity index is 4.30. The highest BCUT2D eigenvalue weighted by Gasteiger charge is 2.27. The van der Waals surface area contributed by atoms with Crippen LogP contribution in [0.25, 0.3) is 0 Å². The third kappa shape index (κ3) is 39.5. The minimum Gasteiger partial charge on any atom is -0.393 e. The molecule has 0 aliphatic heterocycles. The molecule has 0 aromatic rings. The zero-order valence-corrected chi connectivity index (χ0v) is 36.7. The molecule has 4 unspecified atom stereocenters. The molecule has 4 atom stereocenters. The summed E-state index contributed by atoms with van der Waals surface area (Å²) in [5, 5.41) is 24.0. The Kier molecular flexibility index (Phi) is 40.3. The second kappa shape index (κ2) is 41.1. The van der Waals surface area contributed by atoms with E-state index < -0.39 is 38.6 Å². The van der Waals surface area contributed by atoms with Gasteiger partial charge in [-0.15, -0.1) is 0 Å². The molecule has 0 spiro atoms. The zero-order chi connectivity index (χ0) is 40.5. The van der Waals surface area contributed by atoms with Crippen molar-refractivity contribution in [2.45, 2.75) is 238 Å². The fraction of sp³-hybridized carbons (Fsp3) is 0.889. The normalized spacial score (nSPS) is 14.8. The number of phosphoric acid groups is 1. The van der Waals surface area contributed by atoms with Gasteiger partial charge in [0.15, 0.2) is 0 Å². The number of allylic oxidation sites excluding steroid dienone is 3. The molecule has 0 aliphatic rings. The van der Waals surface area contributed by atoms with Crippen LogP contribution in [0.1, 0.15) is 219 Å². The lowest BCUT2D eigenvalue weighted by molar-refractivity contribution is -0.124. The number of aliphatic hydroxyl groups is 2. The molecule has 0 aromatic carbocycles. The van der Waals surface area contributed by atoms with Crippen molar-refractivity contribution >= 4 is 13.7 Å². The van der Waals surface area contributed by atoms with E-state index in [0.29, 0.717) is 12.8 Å². The summed E-state index contributed by atoms with van der Waals surface area (Å²) in [7, 11) is -4.40. The number of phosphoric ester groups is 1. The maximum Gasteiger partial charge on any atom is 0.472 e. The fourth-order valence-electron chi connectivity index (χ4n) is 6.84. The van der Waals surface area contributed by atoms with Crippen molar-refractivity contribution in [3.8, 4) is 0 Å². The van der Waals surface area contributed by atoms with Gasteiger partial charge in [0, 0.05) is 6.54 Å². The summed E-state index contributed by atoms with van der Waals surface area (Å²) in [6.45, 7) is 3.96. The Morgan fingerprint density at radius 1 is 0.618 bits per heavy atom. The van der Waals surface area contributed by atoms with Crippen LogP contribution in [0.15, 0.2) is 24.3 Å². The monoisotopic (exact) mass is 801 g/mol. The molecule has 0 fully saturated rings. The van der Waals surface area contributed by atoms with E-state index in [2.05, 4.69) is 31.3 Å². The first-order chi connectivity index (χ1) is 26.8. The number of unbranched alkanes of at least 4 members (excludes halogenated alkanes) is 27. The van der Waals surface area contributed by atoms with Crippen LogP contribution in [0.5, 0.6) is 0 Å². The summed E-state index contributed by atoms with van der Waals surface area (Å²) in [5.74, 6) is -0.454. The van der Waals surface area contributed by atoms with Gasteiger partial charge in [-0.2, -0.15) is 0 Å². The first kappa shape index (κ1) is 53.9. The summed E-state index contributed by atoms with van der Waals surface area (Å²) in [5.41, 5.74) is 5.36. The van der Waals surface area contributed by atoms with Crippen molar-refractivity contribution in [3.63, 3.8) is 0 Å².